The highest BCUT2D eigenvalue weighted by atomic mass is 16.5. The van der Waals surface area contributed by atoms with Crippen LogP contribution in [0, 0.1) is 13.8 Å². The number of nitrogens with one attached hydrogen (secondary N) is 2. The maximum Gasteiger partial charge on any atom is 0.270 e. The van der Waals surface area contributed by atoms with Crippen molar-refractivity contribution in [3.8, 4) is 5.75 Å². The number of benzene rings is 2. The quantitative estimate of drug-likeness (QED) is 0.658. The van der Waals surface area contributed by atoms with Crippen molar-refractivity contribution in [2.75, 3.05) is 12.4 Å². The van der Waals surface area contributed by atoms with Crippen LogP contribution in [0.3, 0.4) is 0 Å². The molecule has 0 aliphatic rings. The lowest BCUT2D eigenvalue weighted by molar-refractivity contribution is 0.0945. The van der Waals surface area contributed by atoms with Gasteiger partial charge in [0.1, 0.15) is 23.1 Å². The van der Waals surface area contributed by atoms with E-state index in [1.54, 1.807) is 20.1 Å². The highest BCUT2D eigenvalue weighted by Crippen LogP contribution is 2.18. The van der Waals surface area contributed by atoms with Crippen LogP contribution >= 0.6 is 0 Å². The molecular weight excluding hydrogens is 352 g/mol. The van der Waals surface area contributed by atoms with E-state index in [1.165, 1.54) is 0 Å². The minimum atomic E-state index is -0.228. The number of hydrogen-bond donors (Lipinski definition) is 2. The van der Waals surface area contributed by atoms with E-state index in [4.69, 9.17) is 4.74 Å². The number of rotatable bonds is 7. The molecule has 0 saturated carbocycles. The zero-order chi connectivity index (χ0) is 19.9. The third-order valence-electron chi connectivity index (χ3n) is 4.42. The zero-order valence-corrected chi connectivity index (χ0v) is 16.3. The van der Waals surface area contributed by atoms with Gasteiger partial charge in [0.05, 0.1) is 7.11 Å². The first kappa shape index (κ1) is 19.4. The van der Waals surface area contributed by atoms with Crippen molar-refractivity contribution in [3.05, 3.63) is 82.8 Å². The van der Waals surface area contributed by atoms with Crippen molar-refractivity contribution in [1.82, 2.24) is 15.3 Å². The number of carbonyl (C=O) groups is 1. The van der Waals surface area contributed by atoms with Gasteiger partial charge >= 0.3 is 0 Å². The second-order valence-corrected chi connectivity index (χ2v) is 6.46. The number of aromatic nitrogens is 2. The smallest absolute Gasteiger partial charge is 0.270 e. The van der Waals surface area contributed by atoms with E-state index in [-0.39, 0.29) is 5.91 Å². The molecule has 6 heteroatoms. The van der Waals surface area contributed by atoms with Crippen molar-refractivity contribution >= 4 is 11.7 Å². The minimum Gasteiger partial charge on any atom is -0.496 e. The van der Waals surface area contributed by atoms with Crippen LogP contribution in [-0.4, -0.2) is 23.0 Å². The monoisotopic (exact) mass is 376 g/mol. The van der Waals surface area contributed by atoms with Crippen LogP contribution in [-0.2, 0) is 13.1 Å². The third-order valence-corrected chi connectivity index (χ3v) is 4.42. The van der Waals surface area contributed by atoms with Crippen LogP contribution in [0.2, 0.25) is 0 Å². The van der Waals surface area contributed by atoms with Crippen LogP contribution in [0.15, 0.2) is 54.6 Å². The Morgan fingerprint density at radius 1 is 0.964 bits per heavy atom. The van der Waals surface area contributed by atoms with Gasteiger partial charge in [-0.3, -0.25) is 4.79 Å². The molecule has 1 heterocycles. The van der Waals surface area contributed by atoms with Gasteiger partial charge in [-0.2, -0.15) is 0 Å². The largest absolute Gasteiger partial charge is 0.496 e. The molecule has 0 radical (unpaired) electrons. The fourth-order valence-corrected chi connectivity index (χ4v) is 2.88. The SMILES string of the molecule is COc1ccccc1CNc1cc(C(=O)NCc2ccccc2C)nc(C)n1. The predicted molar refractivity (Wildman–Crippen MR) is 109 cm³/mol. The number of aryl methyl sites for hydroxylation is 2. The summed E-state index contributed by atoms with van der Waals surface area (Å²) >= 11 is 0. The minimum absolute atomic E-state index is 0.228. The third kappa shape index (κ3) is 4.85. The number of anilines is 1. The molecule has 3 aromatic rings. The van der Waals surface area contributed by atoms with E-state index in [1.807, 2.05) is 55.5 Å². The first-order valence-electron chi connectivity index (χ1n) is 9.11. The Balaban J connectivity index is 1.68. The molecule has 2 N–H and O–H groups in total. The molecule has 0 unspecified atom stereocenters. The molecule has 1 aromatic heterocycles. The Morgan fingerprint density at radius 2 is 1.68 bits per heavy atom. The summed E-state index contributed by atoms with van der Waals surface area (Å²) in [6, 6.07) is 17.4. The molecule has 28 heavy (non-hydrogen) atoms. The molecule has 0 bridgehead atoms. The van der Waals surface area contributed by atoms with Gasteiger partial charge in [0.2, 0.25) is 0 Å². The number of nitrogens with zero attached hydrogens (tertiary/aromatic N) is 2. The molecule has 6 nitrogen and oxygen atoms in total. The van der Waals surface area contributed by atoms with E-state index >= 15 is 0 Å². The van der Waals surface area contributed by atoms with E-state index in [0.29, 0.717) is 30.4 Å². The van der Waals surface area contributed by atoms with Crippen molar-refractivity contribution < 1.29 is 9.53 Å². The Morgan fingerprint density at radius 3 is 2.43 bits per heavy atom. The second-order valence-electron chi connectivity index (χ2n) is 6.46. The van der Waals surface area contributed by atoms with Crippen LogP contribution in [0.25, 0.3) is 0 Å². The normalized spacial score (nSPS) is 10.4. The molecule has 2 aromatic carbocycles. The second kappa shape index (κ2) is 8.99. The van der Waals surface area contributed by atoms with Gasteiger partial charge in [-0.25, -0.2) is 9.97 Å². The summed E-state index contributed by atoms with van der Waals surface area (Å²) in [5.41, 5.74) is 3.56. The zero-order valence-electron chi connectivity index (χ0n) is 16.3. The van der Waals surface area contributed by atoms with Crippen molar-refractivity contribution in [2.45, 2.75) is 26.9 Å². The molecule has 1 amide bonds. The highest BCUT2D eigenvalue weighted by Gasteiger charge is 2.11. The summed E-state index contributed by atoms with van der Waals surface area (Å²) < 4.78 is 5.37. The fraction of sp³-hybridized carbons (Fsp3) is 0.227. The van der Waals surface area contributed by atoms with Gasteiger partial charge in [-0.05, 0) is 31.0 Å². The number of ether oxygens (including phenoxy) is 1. The molecule has 0 spiro atoms. The summed E-state index contributed by atoms with van der Waals surface area (Å²) in [4.78, 5) is 21.2. The van der Waals surface area contributed by atoms with Gasteiger partial charge < -0.3 is 15.4 Å². The number of methoxy groups -OCH3 is 1. The summed E-state index contributed by atoms with van der Waals surface area (Å²) in [7, 11) is 1.64. The Kier molecular flexibility index (Phi) is 6.22. The molecule has 0 fully saturated rings. The molecule has 144 valence electrons. The number of hydrogen-bond acceptors (Lipinski definition) is 5. The lowest BCUT2D eigenvalue weighted by Crippen LogP contribution is -2.25. The van der Waals surface area contributed by atoms with Crippen LogP contribution < -0.4 is 15.4 Å². The predicted octanol–water partition coefficient (Wildman–Crippen LogP) is 3.64. The summed E-state index contributed by atoms with van der Waals surface area (Å²) in [5, 5.41) is 6.17. The maximum absolute atomic E-state index is 12.6. The van der Waals surface area contributed by atoms with Crippen molar-refractivity contribution in [1.29, 1.82) is 0 Å². The van der Waals surface area contributed by atoms with Crippen LogP contribution in [0.1, 0.15) is 33.0 Å². The molecular formula is C22H24N4O2. The Hall–Kier alpha value is -3.41. The lowest BCUT2D eigenvalue weighted by Gasteiger charge is -2.12. The highest BCUT2D eigenvalue weighted by molar-refractivity contribution is 5.92. The van der Waals surface area contributed by atoms with Crippen molar-refractivity contribution in [2.24, 2.45) is 0 Å². The van der Waals surface area contributed by atoms with Gasteiger partial charge in [0, 0.05) is 24.7 Å². The van der Waals surface area contributed by atoms with Gasteiger partial charge in [-0.1, -0.05) is 42.5 Å². The molecule has 0 saturated heterocycles. The topological polar surface area (TPSA) is 76.1 Å². The summed E-state index contributed by atoms with van der Waals surface area (Å²) in [5.74, 6) is 1.71. The molecule has 0 aliphatic heterocycles. The molecule has 3 rings (SSSR count). The average Bonchev–Trinajstić information content (AvgIpc) is 2.71. The van der Waals surface area contributed by atoms with Gasteiger partial charge in [0.25, 0.3) is 5.91 Å². The first-order valence-corrected chi connectivity index (χ1v) is 9.11. The van der Waals surface area contributed by atoms with E-state index in [0.717, 1.165) is 22.4 Å². The van der Waals surface area contributed by atoms with E-state index in [2.05, 4.69) is 20.6 Å². The van der Waals surface area contributed by atoms with Gasteiger partial charge in [-0.15, -0.1) is 0 Å². The van der Waals surface area contributed by atoms with Crippen LogP contribution in [0.5, 0.6) is 5.75 Å². The number of para-hydroxylation sites is 1. The summed E-state index contributed by atoms with van der Waals surface area (Å²) in [6.07, 6.45) is 0. The van der Waals surface area contributed by atoms with Crippen LogP contribution in [0.4, 0.5) is 5.82 Å². The number of carbonyl (C=O) groups excluding carboxylic acids is 1. The molecule has 0 aliphatic carbocycles. The van der Waals surface area contributed by atoms with Crippen molar-refractivity contribution in [3.63, 3.8) is 0 Å². The average molecular weight is 376 g/mol. The van der Waals surface area contributed by atoms with Gasteiger partial charge in [0.15, 0.2) is 0 Å². The van der Waals surface area contributed by atoms with E-state index in [9.17, 15) is 4.79 Å². The lowest BCUT2D eigenvalue weighted by atomic mass is 10.1. The maximum atomic E-state index is 12.6. The summed E-state index contributed by atoms with van der Waals surface area (Å²) in [6.45, 7) is 4.78. The Labute approximate surface area is 165 Å². The number of amides is 1. The standard InChI is InChI=1S/C22H24N4O2/c1-15-8-4-5-9-17(15)13-24-22(27)19-12-21(26-16(2)25-19)23-14-18-10-6-7-11-20(18)28-3/h4-12H,13-14H2,1-3H3,(H,24,27)(H,23,25,26). The van der Waals surface area contributed by atoms with E-state index < -0.39 is 0 Å². The first-order chi connectivity index (χ1) is 13.6. The molecule has 0 atom stereocenters. The fourth-order valence-electron chi connectivity index (χ4n) is 2.88. The Bertz CT molecular complexity index is 972.